The number of halogens is 2. The molecule has 0 fully saturated rings. The number of nitrogens with one attached hydrogen (secondary N) is 1. The number of amides is 1. The van der Waals surface area contributed by atoms with Crippen LogP contribution in [0.5, 0.6) is 0 Å². The Hall–Kier alpha value is -1.74. The van der Waals surface area contributed by atoms with Crippen molar-refractivity contribution in [2.75, 3.05) is 16.8 Å². The van der Waals surface area contributed by atoms with Crippen molar-refractivity contribution in [3.05, 3.63) is 44.9 Å². The molecule has 2 rings (SSSR count). The van der Waals surface area contributed by atoms with Crippen LogP contribution in [-0.4, -0.2) is 12.5 Å². The van der Waals surface area contributed by atoms with Gasteiger partial charge in [0.1, 0.15) is 11.1 Å². The normalized spacial score (nSPS) is 11.1. The van der Waals surface area contributed by atoms with Crippen LogP contribution in [-0.2, 0) is 11.3 Å². The molecule has 4 nitrogen and oxygen atoms in total. The van der Waals surface area contributed by atoms with E-state index >= 15 is 0 Å². The zero-order valence-corrected chi connectivity index (χ0v) is 20.5. The summed E-state index contributed by atoms with van der Waals surface area (Å²) in [5.74, 6) is 0.327. The van der Waals surface area contributed by atoms with Crippen LogP contribution in [0.3, 0.4) is 0 Å². The fourth-order valence-corrected chi connectivity index (χ4v) is 5.05. The summed E-state index contributed by atoms with van der Waals surface area (Å²) in [5, 5.41) is 15.6. The Morgan fingerprint density at radius 2 is 1.93 bits per heavy atom. The Balaban J connectivity index is 2.42. The summed E-state index contributed by atoms with van der Waals surface area (Å²) < 4.78 is 0. The molecular weight excluding hydrogens is 437 g/mol. The molecule has 1 aromatic heterocycles. The highest BCUT2D eigenvalue weighted by Gasteiger charge is 2.24. The minimum Gasteiger partial charge on any atom is -0.358 e. The third-order valence-corrected chi connectivity index (χ3v) is 6.93. The lowest BCUT2D eigenvalue weighted by Crippen LogP contribution is -2.27. The number of rotatable bonds is 9. The van der Waals surface area contributed by atoms with E-state index in [1.165, 1.54) is 11.3 Å². The molecule has 0 aliphatic rings. The molecule has 0 radical (unpaired) electrons. The van der Waals surface area contributed by atoms with Crippen molar-refractivity contribution in [3.63, 3.8) is 0 Å². The maximum atomic E-state index is 12.6. The van der Waals surface area contributed by atoms with Gasteiger partial charge in [-0.25, -0.2) is 0 Å². The molecule has 0 unspecified atom stereocenters. The first-order valence-corrected chi connectivity index (χ1v) is 11.8. The molecule has 7 heteroatoms. The van der Waals surface area contributed by atoms with Crippen LogP contribution >= 0.6 is 34.5 Å². The number of nitriles is 1. The Bertz CT molecular complexity index is 929. The number of thiophene rings is 1. The minimum absolute atomic E-state index is 0.0274. The van der Waals surface area contributed by atoms with E-state index in [4.69, 9.17) is 23.2 Å². The second-order valence-electron chi connectivity index (χ2n) is 7.86. The Morgan fingerprint density at radius 1 is 1.27 bits per heavy atom. The number of carbonyl (C=O) groups is 1. The van der Waals surface area contributed by atoms with Crippen LogP contribution in [0.4, 0.5) is 10.0 Å². The van der Waals surface area contributed by atoms with Crippen LogP contribution in [0.15, 0.2) is 18.2 Å². The number of hydrogen-bond donors (Lipinski definition) is 1. The Labute approximate surface area is 193 Å². The van der Waals surface area contributed by atoms with Crippen molar-refractivity contribution in [1.82, 2.24) is 0 Å². The number of hydrogen-bond acceptors (Lipinski definition) is 4. The molecule has 0 atom stereocenters. The smallest absolute Gasteiger partial charge is 0.228 e. The number of carbonyl (C=O) groups excluding carboxylic acids is 1. The lowest BCUT2D eigenvalue weighted by atomic mass is 10.0. The van der Waals surface area contributed by atoms with Gasteiger partial charge >= 0.3 is 0 Å². The molecule has 0 aliphatic carbocycles. The molecule has 1 heterocycles. The second-order valence-corrected chi connectivity index (χ2v) is 9.70. The first-order valence-electron chi connectivity index (χ1n) is 10.2. The molecule has 1 aromatic carbocycles. The van der Waals surface area contributed by atoms with Gasteiger partial charge in [0.15, 0.2) is 0 Å². The van der Waals surface area contributed by atoms with Crippen molar-refractivity contribution in [2.45, 2.75) is 54.0 Å². The van der Waals surface area contributed by atoms with Crippen molar-refractivity contribution >= 4 is 50.4 Å². The predicted molar refractivity (Wildman–Crippen MR) is 129 cm³/mol. The zero-order valence-electron chi connectivity index (χ0n) is 18.2. The molecule has 2 aromatic rings. The van der Waals surface area contributed by atoms with E-state index in [0.29, 0.717) is 33.1 Å². The zero-order chi connectivity index (χ0) is 22.4. The quantitative estimate of drug-likeness (QED) is 0.423. The third kappa shape index (κ3) is 5.91. The van der Waals surface area contributed by atoms with Gasteiger partial charge in [-0.1, -0.05) is 68.3 Å². The van der Waals surface area contributed by atoms with E-state index in [2.05, 4.69) is 30.1 Å². The van der Waals surface area contributed by atoms with Gasteiger partial charge in [0.25, 0.3) is 0 Å². The van der Waals surface area contributed by atoms with Crippen LogP contribution in [0.25, 0.3) is 0 Å². The standard InChI is InChI=1S/C23H29Cl2N3OS/c1-6-16(7-2)21(29)27-22-19(11-26)15(5)23(30-22)28(12-14(3)4)13-17-8-9-18(24)10-20(17)25/h8-10,14,16H,6-7,12-13H2,1-5H3,(H,27,29). The first kappa shape index (κ1) is 24.5. The summed E-state index contributed by atoms with van der Waals surface area (Å²) in [6.45, 7) is 11.6. The average molecular weight is 466 g/mol. The molecular formula is C23H29Cl2N3OS. The molecule has 1 amide bonds. The lowest BCUT2D eigenvalue weighted by Gasteiger charge is -2.26. The summed E-state index contributed by atoms with van der Waals surface area (Å²) >= 11 is 13.9. The van der Waals surface area contributed by atoms with E-state index in [0.717, 1.165) is 35.5 Å². The Kier molecular flexibility index (Phi) is 9.03. The highest BCUT2D eigenvalue weighted by molar-refractivity contribution is 7.20. The van der Waals surface area contributed by atoms with Crippen LogP contribution in [0.1, 0.15) is 57.2 Å². The summed E-state index contributed by atoms with van der Waals surface area (Å²) in [6, 6.07) is 7.79. The maximum Gasteiger partial charge on any atom is 0.228 e. The summed E-state index contributed by atoms with van der Waals surface area (Å²) in [7, 11) is 0. The number of benzene rings is 1. The molecule has 162 valence electrons. The van der Waals surface area contributed by atoms with E-state index in [1.54, 1.807) is 6.07 Å². The molecule has 0 saturated carbocycles. The second kappa shape index (κ2) is 11.0. The van der Waals surface area contributed by atoms with Crippen molar-refractivity contribution < 1.29 is 4.79 Å². The fourth-order valence-electron chi connectivity index (χ4n) is 3.41. The van der Waals surface area contributed by atoms with Crippen LogP contribution in [0, 0.1) is 30.1 Å². The molecule has 30 heavy (non-hydrogen) atoms. The summed E-state index contributed by atoms with van der Waals surface area (Å²) in [5.41, 5.74) is 2.38. The van der Waals surface area contributed by atoms with E-state index < -0.39 is 0 Å². The molecule has 0 aliphatic heterocycles. The van der Waals surface area contributed by atoms with Gasteiger partial charge in [0, 0.05) is 34.6 Å². The van der Waals surface area contributed by atoms with Gasteiger partial charge in [-0.2, -0.15) is 5.26 Å². The van der Waals surface area contributed by atoms with Gasteiger partial charge in [-0.3, -0.25) is 4.79 Å². The van der Waals surface area contributed by atoms with Gasteiger partial charge in [0.05, 0.1) is 10.6 Å². The van der Waals surface area contributed by atoms with E-state index in [-0.39, 0.29) is 11.8 Å². The van der Waals surface area contributed by atoms with Gasteiger partial charge < -0.3 is 10.2 Å². The lowest BCUT2D eigenvalue weighted by molar-refractivity contribution is -0.120. The van der Waals surface area contributed by atoms with Gasteiger partial charge in [0.2, 0.25) is 5.91 Å². The van der Waals surface area contributed by atoms with E-state index in [1.807, 2.05) is 32.9 Å². The fraction of sp³-hybridized carbons (Fsp3) is 0.478. The number of nitrogens with zero attached hydrogens (tertiary/aromatic N) is 2. The Morgan fingerprint density at radius 3 is 2.47 bits per heavy atom. The average Bonchev–Trinajstić information content (AvgIpc) is 2.99. The van der Waals surface area contributed by atoms with Crippen LogP contribution < -0.4 is 10.2 Å². The maximum absolute atomic E-state index is 12.6. The highest BCUT2D eigenvalue weighted by Crippen LogP contribution is 2.41. The highest BCUT2D eigenvalue weighted by atomic mass is 35.5. The summed E-state index contributed by atoms with van der Waals surface area (Å²) in [6.07, 6.45) is 1.55. The van der Waals surface area contributed by atoms with E-state index in [9.17, 15) is 10.1 Å². The monoisotopic (exact) mass is 465 g/mol. The van der Waals surface area contributed by atoms with Crippen molar-refractivity contribution in [1.29, 1.82) is 5.26 Å². The van der Waals surface area contributed by atoms with Crippen LogP contribution in [0.2, 0.25) is 10.0 Å². The first-order chi connectivity index (χ1) is 14.2. The largest absolute Gasteiger partial charge is 0.358 e. The minimum atomic E-state index is -0.0537. The molecule has 0 bridgehead atoms. The number of anilines is 2. The predicted octanol–water partition coefficient (Wildman–Crippen LogP) is 7.27. The van der Waals surface area contributed by atoms with Gasteiger partial charge in [-0.15, -0.1) is 0 Å². The summed E-state index contributed by atoms with van der Waals surface area (Å²) in [4.78, 5) is 14.9. The molecule has 0 saturated heterocycles. The SMILES string of the molecule is CCC(CC)C(=O)Nc1sc(N(Cc2ccc(Cl)cc2Cl)CC(C)C)c(C)c1C#N. The third-order valence-electron chi connectivity index (χ3n) is 5.08. The molecule has 0 spiro atoms. The molecule has 1 N–H and O–H groups in total. The van der Waals surface area contributed by atoms with Crippen molar-refractivity contribution in [2.24, 2.45) is 11.8 Å². The topological polar surface area (TPSA) is 56.1 Å². The van der Waals surface area contributed by atoms with Crippen molar-refractivity contribution in [3.8, 4) is 6.07 Å². The van der Waals surface area contributed by atoms with Gasteiger partial charge in [-0.05, 0) is 43.4 Å².